The molecule has 0 amide bonds. The number of carbonyl (C=O) groups is 1. The predicted octanol–water partition coefficient (Wildman–Crippen LogP) is 1.80. The highest BCUT2D eigenvalue weighted by atomic mass is 32.2. The molecule has 5 heteroatoms. The summed E-state index contributed by atoms with van der Waals surface area (Å²) < 4.78 is 13.7. The van der Waals surface area contributed by atoms with Gasteiger partial charge in [-0.3, -0.25) is 4.79 Å². The van der Waals surface area contributed by atoms with Crippen molar-refractivity contribution in [3.8, 4) is 0 Å². The fraction of sp³-hybridized carbons (Fsp3) is 0.364. The number of benzene rings is 1. The van der Waals surface area contributed by atoms with Crippen molar-refractivity contribution >= 4 is 17.5 Å². The van der Waals surface area contributed by atoms with Gasteiger partial charge in [0.15, 0.2) is 12.1 Å². The maximum Gasteiger partial charge on any atom is 0.178 e. The van der Waals surface area contributed by atoms with Gasteiger partial charge in [-0.25, -0.2) is 4.39 Å². The lowest BCUT2D eigenvalue weighted by atomic mass is 9.97. The van der Waals surface area contributed by atoms with Crippen molar-refractivity contribution in [3.63, 3.8) is 0 Å². The summed E-state index contributed by atoms with van der Waals surface area (Å²) in [6.45, 7) is 1.61. The number of halogens is 1. The molecule has 86 valence electrons. The van der Waals surface area contributed by atoms with E-state index in [4.69, 9.17) is 10.2 Å². The molecule has 1 aliphatic rings. The van der Waals surface area contributed by atoms with Gasteiger partial charge in [0.2, 0.25) is 0 Å². The smallest absolute Gasteiger partial charge is 0.178 e. The van der Waals surface area contributed by atoms with Crippen LogP contribution in [0.25, 0.3) is 0 Å². The summed E-state index contributed by atoms with van der Waals surface area (Å²) in [5, 5.41) is 18.2. The zero-order chi connectivity index (χ0) is 11.9. The van der Waals surface area contributed by atoms with Crippen LogP contribution in [0.5, 0.6) is 0 Å². The molecule has 16 heavy (non-hydrogen) atoms. The zero-order valence-corrected chi connectivity index (χ0v) is 9.47. The normalized spacial score (nSPS) is 15.4. The number of hydrogen-bond donors (Lipinski definition) is 2. The minimum atomic E-state index is -1.75. The number of aliphatic hydroxyl groups is 2. The van der Waals surface area contributed by atoms with Crippen molar-refractivity contribution in [1.82, 2.24) is 0 Å². The molecule has 0 saturated heterocycles. The molecule has 0 unspecified atom stereocenters. The third kappa shape index (κ3) is 1.75. The molecule has 0 aromatic heterocycles. The molecular formula is C11H11FO3S. The molecule has 0 radical (unpaired) electrons. The number of thioether (sulfide) groups is 1. The summed E-state index contributed by atoms with van der Waals surface area (Å²) in [4.78, 5) is 12.0. The van der Waals surface area contributed by atoms with Crippen molar-refractivity contribution in [2.24, 2.45) is 0 Å². The van der Waals surface area contributed by atoms with Gasteiger partial charge in [-0.15, -0.1) is 11.8 Å². The van der Waals surface area contributed by atoms with Gasteiger partial charge in [0, 0.05) is 23.3 Å². The van der Waals surface area contributed by atoms with E-state index in [1.807, 2.05) is 0 Å². The molecule has 0 bridgehead atoms. The fourth-order valence-electron chi connectivity index (χ4n) is 1.86. The van der Waals surface area contributed by atoms with E-state index in [0.29, 0.717) is 28.2 Å². The number of ketones is 1. The monoisotopic (exact) mass is 242 g/mol. The molecule has 0 saturated carbocycles. The average molecular weight is 242 g/mol. The van der Waals surface area contributed by atoms with E-state index in [1.165, 1.54) is 11.8 Å². The highest BCUT2D eigenvalue weighted by Crippen LogP contribution is 2.36. The number of hydrogen-bond acceptors (Lipinski definition) is 4. The maximum atomic E-state index is 13.7. The topological polar surface area (TPSA) is 57.5 Å². The number of rotatable bonds is 1. The first-order chi connectivity index (χ1) is 7.52. The van der Waals surface area contributed by atoms with Crippen LogP contribution >= 0.6 is 11.8 Å². The maximum absolute atomic E-state index is 13.7. The molecule has 1 heterocycles. The van der Waals surface area contributed by atoms with Gasteiger partial charge in [-0.1, -0.05) is 0 Å². The molecule has 0 fully saturated rings. The van der Waals surface area contributed by atoms with Crippen LogP contribution in [0.15, 0.2) is 11.0 Å². The average Bonchev–Trinajstić information content (AvgIpc) is 2.22. The number of fused-ring (bicyclic) bond motifs is 1. The number of carbonyl (C=O) groups excluding carboxylic acids is 1. The summed E-state index contributed by atoms with van der Waals surface area (Å²) in [6.07, 6.45) is -1.39. The van der Waals surface area contributed by atoms with Gasteiger partial charge in [-0.2, -0.15) is 0 Å². The summed E-state index contributed by atoms with van der Waals surface area (Å²) in [7, 11) is 0. The van der Waals surface area contributed by atoms with E-state index in [1.54, 1.807) is 6.92 Å². The zero-order valence-electron chi connectivity index (χ0n) is 8.66. The number of aliphatic hydroxyl groups excluding tert-OH is 1. The van der Waals surface area contributed by atoms with Crippen LogP contribution in [0, 0.1) is 12.7 Å². The third-order valence-corrected chi connectivity index (χ3v) is 3.76. The van der Waals surface area contributed by atoms with Gasteiger partial charge in [0.1, 0.15) is 5.82 Å². The first-order valence-electron chi connectivity index (χ1n) is 4.87. The van der Waals surface area contributed by atoms with Crippen molar-refractivity contribution in [1.29, 1.82) is 0 Å². The Morgan fingerprint density at radius 1 is 1.50 bits per heavy atom. The van der Waals surface area contributed by atoms with Crippen molar-refractivity contribution in [2.75, 3.05) is 5.75 Å². The highest BCUT2D eigenvalue weighted by Gasteiger charge is 2.26. The van der Waals surface area contributed by atoms with E-state index in [-0.39, 0.29) is 11.3 Å². The van der Waals surface area contributed by atoms with Gasteiger partial charge in [-0.05, 0) is 18.6 Å². The first kappa shape index (κ1) is 11.6. The Morgan fingerprint density at radius 2 is 2.19 bits per heavy atom. The van der Waals surface area contributed by atoms with Gasteiger partial charge >= 0.3 is 0 Å². The molecule has 1 aliphatic heterocycles. The molecule has 1 aromatic rings. The lowest BCUT2D eigenvalue weighted by Crippen LogP contribution is -2.14. The SMILES string of the molecule is Cc1c(C(O)O)cc(F)c2c1C(=O)CCS2. The lowest BCUT2D eigenvalue weighted by molar-refractivity contribution is -0.0432. The van der Waals surface area contributed by atoms with Crippen LogP contribution in [-0.2, 0) is 0 Å². The van der Waals surface area contributed by atoms with E-state index in [9.17, 15) is 9.18 Å². The molecular weight excluding hydrogens is 231 g/mol. The second kappa shape index (κ2) is 4.16. The Labute approximate surface area is 96.3 Å². The molecule has 3 nitrogen and oxygen atoms in total. The molecule has 1 aromatic carbocycles. The van der Waals surface area contributed by atoms with Crippen LogP contribution in [0.1, 0.15) is 34.2 Å². The minimum Gasteiger partial charge on any atom is -0.364 e. The summed E-state index contributed by atoms with van der Waals surface area (Å²) in [5.41, 5.74) is 0.829. The van der Waals surface area contributed by atoms with E-state index in [2.05, 4.69) is 0 Å². The lowest BCUT2D eigenvalue weighted by Gasteiger charge is -2.20. The minimum absolute atomic E-state index is 0.0621. The van der Waals surface area contributed by atoms with Gasteiger partial charge < -0.3 is 10.2 Å². The van der Waals surface area contributed by atoms with E-state index in [0.717, 1.165) is 6.07 Å². The first-order valence-corrected chi connectivity index (χ1v) is 5.86. The van der Waals surface area contributed by atoms with E-state index < -0.39 is 12.1 Å². The Kier molecular flexibility index (Phi) is 3.01. The summed E-state index contributed by atoms with van der Waals surface area (Å²) in [6, 6.07) is 1.09. The van der Waals surface area contributed by atoms with Crippen molar-refractivity contribution in [3.05, 3.63) is 28.6 Å². The summed E-state index contributed by atoms with van der Waals surface area (Å²) >= 11 is 1.29. The Hall–Kier alpha value is -0.910. The van der Waals surface area contributed by atoms with Crippen LogP contribution in [0.3, 0.4) is 0 Å². The Morgan fingerprint density at radius 3 is 2.81 bits per heavy atom. The third-order valence-electron chi connectivity index (χ3n) is 2.67. The largest absolute Gasteiger partial charge is 0.364 e. The van der Waals surface area contributed by atoms with Crippen LogP contribution < -0.4 is 0 Å². The quantitative estimate of drug-likeness (QED) is 0.737. The van der Waals surface area contributed by atoms with Gasteiger partial charge in [0.05, 0.1) is 4.90 Å². The molecule has 0 atom stereocenters. The van der Waals surface area contributed by atoms with Crippen LogP contribution in [-0.4, -0.2) is 21.7 Å². The van der Waals surface area contributed by atoms with Crippen LogP contribution in [0.4, 0.5) is 4.39 Å². The van der Waals surface area contributed by atoms with Gasteiger partial charge in [0.25, 0.3) is 0 Å². The predicted molar refractivity (Wildman–Crippen MR) is 58.0 cm³/mol. The molecule has 0 spiro atoms. The molecule has 0 aliphatic carbocycles. The summed E-state index contributed by atoms with van der Waals surface area (Å²) in [5.74, 6) is -0.113. The van der Waals surface area contributed by atoms with Crippen molar-refractivity contribution < 1.29 is 19.4 Å². The van der Waals surface area contributed by atoms with Crippen LogP contribution in [0.2, 0.25) is 0 Å². The molecule has 2 N–H and O–H groups in total. The Bertz CT molecular complexity index is 457. The standard InChI is InChI=1S/C11H11FO3S/c1-5-6(11(14)15)4-7(12)10-9(5)8(13)2-3-16-10/h4,11,14-15H,2-3H2,1H3. The number of Topliss-reactive ketones (excluding diaryl/α,β-unsaturated/α-hetero) is 1. The second-order valence-corrected chi connectivity index (χ2v) is 4.78. The highest BCUT2D eigenvalue weighted by molar-refractivity contribution is 7.99. The van der Waals surface area contributed by atoms with Crippen molar-refractivity contribution in [2.45, 2.75) is 24.5 Å². The van der Waals surface area contributed by atoms with E-state index >= 15 is 0 Å². The second-order valence-electron chi connectivity index (χ2n) is 3.67. The Balaban J connectivity index is 2.69. The fourth-order valence-corrected chi connectivity index (χ4v) is 2.96. The molecule has 2 rings (SSSR count).